The molecule has 3 rings (SSSR count). The number of thioether (sulfide) groups is 1. The largest absolute Gasteiger partial charge is 0.392 e. The van der Waals surface area contributed by atoms with Crippen molar-refractivity contribution in [3.63, 3.8) is 0 Å². The lowest BCUT2D eigenvalue weighted by molar-refractivity contribution is 0.137. The summed E-state index contributed by atoms with van der Waals surface area (Å²) in [5, 5.41) is 19.9. The summed E-state index contributed by atoms with van der Waals surface area (Å²) in [7, 11) is 0. The van der Waals surface area contributed by atoms with Gasteiger partial charge in [-0.05, 0) is 31.9 Å². The fraction of sp³-hybridized carbons (Fsp3) is 0.533. The van der Waals surface area contributed by atoms with Gasteiger partial charge in [0.05, 0.1) is 6.10 Å². The molecule has 0 aliphatic heterocycles. The summed E-state index contributed by atoms with van der Waals surface area (Å²) in [6, 6.07) is 3.90. The third-order valence-electron chi connectivity index (χ3n) is 3.88. The molecule has 2 aromatic heterocycles. The van der Waals surface area contributed by atoms with Gasteiger partial charge in [-0.1, -0.05) is 24.6 Å². The van der Waals surface area contributed by atoms with Crippen LogP contribution in [0.1, 0.15) is 32.6 Å². The van der Waals surface area contributed by atoms with E-state index in [1.54, 1.807) is 24.2 Å². The first kappa shape index (κ1) is 14.5. The number of rotatable bonds is 4. The van der Waals surface area contributed by atoms with Crippen molar-refractivity contribution in [2.45, 2.75) is 55.7 Å². The molecule has 1 aliphatic rings. The van der Waals surface area contributed by atoms with E-state index in [1.807, 2.05) is 12.1 Å². The summed E-state index contributed by atoms with van der Waals surface area (Å²) in [4.78, 5) is 4.15. The predicted octanol–water partition coefficient (Wildman–Crippen LogP) is 2.76. The van der Waals surface area contributed by atoms with Gasteiger partial charge < -0.3 is 9.67 Å². The maximum Gasteiger partial charge on any atom is 0.191 e. The zero-order valence-electron chi connectivity index (χ0n) is 12.1. The van der Waals surface area contributed by atoms with E-state index < -0.39 is 0 Å². The van der Waals surface area contributed by atoms with Crippen molar-refractivity contribution < 1.29 is 5.11 Å². The second-order valence-corrected chi connectivity index (χ2v) is 6.51. The minimum Gasteiger partial charge on any atom is -0.392 e. The highest BCUT2D eigenvalue weighted by atomic mass is 32.2. The fourth-order valence-electron chi connectivity index (χ4n) is 2.72. The van der Waals surface area contributed by atoms with Crippen molar-refractivity contribution in [3.05, 3.63) is 24.5 Å². The molecular weight excluding hydrogens is 284 g/mol. The molecule has 1 N–H and O–H groups in total. The van der Waals surface area contributed by atoms with Gasteiger partial charge in [0.1, 0.15) is 0 Å². The summed E-state index contributed by atoms with van der Waals surface area (Å²) in [6.07, 6.45) is 7.58. The molecule has 0 spiro atoms. The molecule has 1 aliphatic carbocycles. The maximum atomic E-state index is 10.1. The SMILES string of the molecule is CCn1c(SC2CCCCC2O)nnc1-c1cccnc1. The summed E-state index contributed by atoms with van der Waals surface area (Å²) in [5.41, 5.74) is 0.975. The molecule has 112 valence electrons. The fourth-order valence-corrected chi connectivity index (χ4v) is 4.00. The smallest absolute Gasteiger partial charge is 0.191 e. The van der Waals surface area contributed by atoms with Crippen molar-refractivity contribution >= 4 is 11.8 Å². The molecule has 0 bridgehead atoms. The maximum absolute atomic E-state index is 10.1. The lowest BCUT2D eigenvalue weighted by Crippen LogP contribution is -2.27. The van der Waals surface area contributed by atoms with Crippen LogP contribution < -0.4 is 0 Å². The highest BCUT2D eigenvalue weighted by molar-refractivity contribution is 7.99. The Hall–Kier alpha value is -1.40. The lowest BCUT2D eigenvalue weighted by Gasteiger charge is -2.26. The van der Waals surface area contributed by atoms with Gasteiger partial charge in [-0.3, -0.25) is 4.98 Å². The van der Waals surface area contributed by atoms with E-state index in [4.69, 9.17) is 0 Å². The Kier molecular flexibility index (Phi) is 4.55. The van der Waals surface area contributed by atoms with Crippen LogP contribution >= 0.6 is 11.8 Å². The molecule has 21 heavy (non-hydrogen) atoms. The number of aliphatic hydroxyl groups excluding tert-OH is 1. The van der Waals surface area contributed by atoms with Gasteiger partial charge in [-0.15, -0.1) is 10.2 Å². The van der Waals surface area contributed by atoms with Crippen LogP contribution in [0.25, 0.3) is 11.4 Å². The van der Waals surface area contributed by atoms with E-state index in [9.17, 15) is 5.11 Å². The Bertz CT molecular complexity index is 587. The first-order chi connectivity index (χ1) is 10.3. The van der Waals surface area contributed by atoms with E-state index >= 15 is 0 Å². The summed E-state index contributed by atoms with van der Waals surface area (Å²) < 4.78 is 2.10. The average molecular weight is 304 g/mol. The molecular formula is C15H20N4OS. The lowest BCUT2D eigenvalue weighted by atomic mass is 9.97. The second-order valence-electron chi connectivity index (χ2n) is 5.30. The number of aliphatic hydroxyl groups is 1. The van der Waals surface area contributed by atoms with E-state index in [-0.39, 0.29) is 11.4 Å². The molecule has 2 aromatic rings. The van der Waals surface area contributed by atoms with Crippen molar-refractivity contribution in [1.82, 2.24) is 19.7 Å². The molecule has 6 heteroatoms. The molecule has 2 heterocycles. The van der Waals surface area contributed by atoms with Gasteiger partial charge in [-0.2, -0.15) is 0 Å². The number of aromatic nitrogens is 4. The van der Waals surface area contributed by atoms with Gasteiger partial charge in [-0.25, -0.2) is 0 Å². The van der Waals surface area contributed by atoms with E-state index in [0.29, 0.717) is 0 Å². The second kappa shape index (κ2) is 6.58. The van der Waals surface area contributed by atoms with Gasteiger partial charge >= 0.3 is 0 Å². The van der Waals surface area contributed by atoms with Crippen LogP contribution in [0.5, 0.6) is 0 Å². The molecule has 0 saturated heterocycles. The summed E-state index contributed by atoms with van der Waals surface area (Å²) >= 11 is 1.66. The number of pyridine rings is 1. The zero-order valence-corrected chi connectivity index (χ0v) is 13.0. The minimum atomic E-state index is -0.229. The van der Waals surface area contributed by atoms with Crippen LogP contribution in [-0.4, -0.2) is 36.2 Å². The molecule has 0 radical (unpaired) electrons. The van der Waals surface area contributed by atoms with Gasteiger partial charge in [0.2, 0.25) is 0 Å². The van der Waals surface area contributed by atoms with Crippen LogP contribution in [0.3, 0.4) is 0 Å². The van der Waals surface area contributed by atoms with Gasteiger partial charge in [0, 0.05) is 29.8 Å². The van der Waals surface area contributed by atoms with E-state index in [2.05, 4.69) is 26.7 Å². The Morgan fingerprint density at radius 1 is 1.33 bits per heavy atom. The summed E-state index contributed by atoms with van der Waals surface area (Å²) in [5.74, 6) is 0.846. The first-order valence-electron chi connectivity index (χ1n) is 7.48. The minimum absolute atomic E-state index is 0.229. The van der Waals surface area contributed by atoms with Crippen molar-refractivity contribution in [3.8, 4) is 11.4 Å². The number of nitrogens with zero attached hydrogens (tertiary/aromatic N) is 4. The van der Waals surface area contributed by atoms with Crippen LogP contribution in [0.4, 0.5) is 0 Å². The quantitative estimate of drug-likeness (QED) is 0.941. The monoisotopic (exact) mass is 304 g/mol. The van der Waals surface area contributed by atoms with Crippen molar-refractivity contribution in [2.24, 2.45) is 0 Å². The molecule has 0 aromatic carbocycles. The molecule has 5 nitrogen and oxygen atoms in total. The van der Waals surface area contributed by atoms with E-state index in [0.717, 1.165) is 42.4 Å². The summed E-state index contributed by atoms with van der Waals surface area (Å²) in [6.45, 7) is 2.90. The van der Waals surface area contributed by atoms with Gasteiger partial charge in [0.25, 0.3) is 0 Å². The van der Waals surface area contributed by atoms with E-state index in [1.165, 1.54) is 6.42 Å². The average Bonchev–Trinajstić information content (AvgIpc) is 2.93. The van der Waals surface area contributed by atoms with Gasteiger partial charge in [0.15, 0.2) is 11.0 Å². The molecule has 0 amide bonds. The number of hydrogen-bond acceptors (Lipinski definition) is 5. The third-order valence-corrected chi connectivity index (χ3v) is 5.24. The highest BCUT2D eigenvalue weighted by Crippen LogP contribution is 2.34. The molecule has 2 atom stereocenters. The number of hydrogen-bond donors (Lipinski definition) is 1. The van der Waals surface area contributed by atoms with Crippen LogP contribution in [0.15, 0.2) is 29.7 Å². The molecule has 1 fully saturated rings. The molecule has 1 saturated carbocycles. The molecule has 2 unspecified atom stereocenters. The van der Waals surface area contributed by atoms with Crippen molar-refractivity contribution in [2.75, 3.05) is 0 Å². The zero-order chi connectivity index (χ0) is 14.7. The normalized spacial score (nSPS) is 22.4. The first-order valence-corrected chi connectivity index (χ1v) is 8.36. The Morgan fingerprint density at radius 2 is 2.19 bits per heavy atom. The highest BCUT2D eigenvalue weighted by Gasteiger charge is 2.26. The van der Waals surface area contributed by atoms with Crippen LogP contribution in [0, 0.1) is 0 Å². The Balaban J connectivity index is 1.85. The van der Waals surface area contributed by atoms with Crippen molar-refractivity contribution in [1.29, 1.82) is 0 Å². The predicted molar refractivity (Wildman–Crippen MR) is 83.0 cm³/mol. The topological polar surface area (TPSA) is 63.8 Å². The Labute approximate surface area is 128 Å². The standard InChI is InChI=1S/C15H20N4OS/c1-2-19-14(11-6-5-9-16-10-11)17-18-15(19)21-13-8-4-3-7-12(13)20/h5-6,9-10,12-13,20H,2-4,7-8H2,1H3. The third kappa shape index (κ3) is 3.11. The van der Waals surface area contributed by atoms with Crippen LogP contribution in [-0.2, 0) is 6.54 Å². The Morgan fingerprint density at radius 3 is 2.90 bits per heavy atom. The van der Waals surface area contributed by atoms with Crippen LogP contribution in [0.2, 0.25) is 0 Å².